The topological polar surface area (TPSA) is 41.1 Å². The standard InChI is InChI=1S/C14H21BrN2O/c1-3-4-9-16-14(18)10-17-11(2)12-7-5-6-8-13(12)15/h5-8,11,17H,3-4,9-10H2,1-2H3,(H,16,18)/t11-/m0/s1. The van der Waals surface area contributed by atoms with Crippen LogP contribution in [-0.4, -0.2) is 19.0 Å². The third-order valence-corrected chi connectivity index (χ3v) is 3.52. The van der Waals surface area contributed by atoms with Crippen LogP contribution in [0.3, 0.4) is 0 Å². The first-order valence-corrected chi connectivity index (χ1v) is 7.19. The number of amides is 1. The molecule has 2 N–H and O–H groups in total. The molecule has 0 spiro atoms. The molecule has 0 radical (unpaired) electrons. The summed E-state index contributed by atoms with van der Waals surface area (Å²) in [5.41, 5.74) is 1.17. The van der Waals surface area contributed by atoms with Crippen LogP contribution in [-0.2, 0) is 4.79 Å². The van der Waals surface area contributed by atoms with Gasteiger partial charge >= 0.3 is 0 Å². The molecule has 1 aromatic carbocycles. The van der Waals surface area contributed by atoms with Crippen molar-refractivity contribution < 1.29 is 4.79 Å². The van der Waals surface area contributed by atoms with Crippen LogP contribution in [0.2, 0.25) is 0 Å². The molecule has 0 saturated carbocycles. The van der Waals surface area contributed by atoms with Crippen LogP contribution in [0.15, 0.2) is 28.7 Å². The largest absolute Gasteiger partial charge is 0.355 e. The van der Waals surface area contributed by atoms with Gasteiger partial charge in [0.2, 0.25) is 5.91 Å². The monoisotopic (exact) mass is 312 g/mol. The fraction of sp³-hybridized carbons (Fsp3) is 0.500. The summed E-state index contributed by atoms with van der Waals surface area (Å²) in [6, 6.07) is 8.20. The zero-order valence-corrected chi connectivity index (χ0v) is 12.6. The van der Waals surface area contributed by atoms with Gasteiger partial charge in [-0.3, -0.25) is 4.79 Å². The smallest absolute Gasteiger partial charge is 0.233 e. The molecular formula is C14H21BrN2O. The second-order valence-corrected chi connectivity index (χ2v) is 5.18. The van der Waals surface area contributed by atoms with Crippen LogP contribution in [0.1, 0.15) is 38.3 Å². The van der Waals surface area contributed by atoms with Crippen molar-refractivity contribution in [3.63, 3.8) is 0 Å². The lowest BCUT2D eigenvalue weighted by Crippen LogP contribution is -2.35. The molecule has 0 bridgehead atoms. The van der Waals surface area contributed by atoms with E-state index in [-0.39, 0.29) is 11.9 Å². The molecule has 0 aliphatic heterocycles. The summed E-state index contributed by atoms with van der Waals surface area (Å²) in [5.74, 6) is 0.0577. The van der Waals surface area contributed by atoms with Gasteiger partial charge in [0, 0.05) is 17.1 Å². The van der Waals surface area contributed by atoms with E-state index in [0.717, 1.165) is 23.9 Å². The van der Waals surface area contributed by atoms with Crippen molar-refractivity contribution in [2.24, 2.45) is 0 Å². The summed E-state index contributed by atoms with van der Waals surface area (Å²) in [5, 5.41) is 6.12. The second-order valence-electron chi connectivity index (χ2n) is 4.33. The molecule has 0 aliphatic rings. The van der Waals surface area contributed by atoms with Gasteiger partial charge in [0.05, 0.1) is 6.54 Å². The number of hydrogen-bond acceptors (Lipinski definition) is 2. The molecule has 1 amide bonds. The molecule has 3 nitrogen and oxygen atoms in total. The van der Waals surface area contributed by atoms with Crippen molar-refractivity contribution in [2.45, 2.75) is 32.7 Å². The van der Waals surface area contributed by atoms with Crippen molar-refractivity contribution >= 4 is 21.8 Å². The quantitative estimate of drug-likeness (QED) is 0.760. The lowest BCUT2D eigenvalue weighted by Gasteiger charge is -2.15. The fourth-order valence-corrected chi connectivity index (χ4v) is 2.28. The summed E-state index contributed by atoms with van der Waals surface area (Å²) in [6.07, 6.45) is 2.13. The van der Waals surface area contributed by atoms with Gasteiger partial charge < -0.3 is 10.6 Å². The van der Waals surface area contributed by atoms with Gasteiger partial charge in [-0.25, -0.2) is 0 Å². The molecule has 1 aromatic rings. The van der Waals surface area contributed by atoms with E-state index >= 15 is 0 Å². The maximum absolute atomic E-state index is 11.6. The van der Waals surface area contributed by atoms with E-state index in [9.17, 15) is 4.79 Å². The minimum absolute atomic E-state index is 0.0577. The van der Waals surface area contributed by atoms with Crippen LogP contribution in [0.5, 0.6) is 0 Å². The van der Waals surface area contributed by atoms with Gasteiger partial charge in [-0.1, -0.05) is 47.5 Å². The van der Waals surface area contributed by atoms with Gasteiger partial charge in [-0.05, 0) is 25.0 Å². The van der Waals surface area contributed by atoms with Crippen LogP contribution >= 0.6 is 15.9 Å². The Morgan fingerprint density at radius 2 is 2.11 bits per heavy atom. The summed E-state index contributed by atoms with van der Waals surface area (Å²) in [6.45, 7) is 5.28. The Morgan fingerprint density at radius 1 is 1.39 bits per heavy atom. The van der Waals surface area contributed by atoms with Crippen molar-refractivity contribution in [3.8, 4) is 0 Å². The number of carbonyl (C=O) groups is 1. The molecule has 0 aliphatic carbocycles. The molecule has 0 unspecified atom stereocenters. The first-order valence-electron chi connectivity index (χ1n) is 6.39. The maximum Gasteiger partial charge on any atom is 0.233 e. The summed E-state index contributed by atoms with van der Waals surface area (Å²) < 4.78 is 1.07. The minimum atomic E-state index is 0.0577. The predicted octanol–water partition coefficient (Wildman–Crippen LogP) is 3.02. The van der Waals surface area contributed by atoms with Crippen molar-refractivity contribution in [1.29, 1.82) is 0 Å². The normalized spacial score (nSPS) is 12.2. The van der Waals surface area contributed by atoms with Gasteiger partial charge in [0.25, 0.3) is 0 Å². The lowest BCUT2D eigenvalue weighted by molar-refractivity contribution is -0.120. The zero-order chi connectivity index (χ0) is 13.4. The molecule has 0 heterocycles. The van der Waals surface area contributed by atoms with Crippen molar-refractivity contribution in [2.75, 3.05) is 13.1 Å². The highest BCUT2D eigenvalue weighted by molar-refractivity contribution is 9.10. The Bertz CT molecular complexity index is 382. The molecule has 4 heteroatoms. The first-order chi connectivity index (χ1) is 8.65. The molecule has 0 saturated heterocycles. The second kappa shape index (κ2) is 8.27. The van der Waals surface area contributed by atoms with E-state index in [1.807, 2.05) is 18.2 Å². The number of unbranched alkanes of at least 4 members (excludes halogenated alkanes) is 1. The molecular weight excluding hydrogens is 292 g/mol. The van der Waals surface area contributed by atoms with Gasteiger partial charge in [0.15, 0.2) is 0 Å². The first kappa shape index (κ1) is 15.2. The van der Waals surface area contributed by atoms with E-state index in [1.165, 1.54) is 5.56 Å². The minimum Gasteiger partial charge on any atom is -0.355 e. The van der Waals surface area contributed by atoms with Gasteiger partial charge in [-0.2, -0.15) is 0 Å². The SMILES string of the molecule is CCCCNC(=O)CN[C@@H](C)c1ccccc1Br. The molecule has 100 valence electrons. The molecule has 18 heavy (non-hydrogen) atoms. The van der Waals surface area contributed by atoms with E-state index in [0.29, 0.717) is 6.54 Å². The molecule has 0 fully saturated rings. The van der Waals surface area contributed by atoms with Crippen molar-refractivity contribution in [1.82, 2.24) is 10.6 Å². The summed E-state index contributed by atoms with van der Waals surface area (Å²) in [4.78, 5) is 11.6. The van der Waals surface area contributed by atoms with Crippen LogP contribution < -0.4 is 10.6 Å². The number of benzene rings is 1. The molecule has 1 rings (SSSR count). The van der Waals surface area contributed by atoms with Gasteiger partial charge in [0.1, 0.15) is 0 Å². The van der Waals surface area contributed by atoms with Crippen LogP contribution in [0.4, 0.5) is 0 Å². The number of halogens is 1. The maximum atomic E-state index is 11.6. The Hall–Kier alpha value is -0.870. The number of rotatable bonds is 7. The van der Waals surface area contributed by atoms with E-state index in [4.69, 9.17) is 0 Å². The Morgan fingerprint density at radius 3 is 2.78 bits per heavy atom. The third kappa shape index (κ3) is 5.19. The number of nitrogens with one attached hydrogen (secondary N) is 2. The highest BCUT2D eigenvalue weighted by Crippen LogP contribution is 2.22. The third-order valence-electron chi connectivity index (χ3n) is 2.79. The average Bonchev–Trinajstić information content (AvgIpc) is 2.37. The van der Waals surface area contributed by atoms with Gasteiger partial charge in [-0.15, -0.1) is 0 Å². The van der Waals surface area contributed by atoms with Crippen LogP contribution in [0, 0.1) is 0 Å². The zero-order valence-electron chi connectivity index (χ0n) is 11.0. The van der Waals surface area contributed by atoms with E-state index in [1.54, 1.807) is 0 Å². The van der Waals surface area contributed by atoms with E-state index in [2.05, 4.69) is 46.5 Å². The van der Waals surface area contributed by atoms with E-state index < -0.39 is 0 Å². The highest BCUT2D eigenvalue weighted by atomic mass is 79.9. The highest BCUT2D eigenvalue weighted by Gasteiger charge is 2.09. The summed E-state index contributed by atoms with van der Waals surface area (Å²) in [7, 11) is 0. The number of carbonyl (C=O) groups excluding carboxylic acids is 1. The lowest BCUT2D eigenvalue weighted by atomic mass is 10.1. The van der Waals surface area contributed by atoms with Crippen LogP contribution in [0.25, 0.3) is 0 Å². The average molecular weight is 313 g/mol. The summed E-state index contributed by atoms with van der Waals surface area (Å²) >= 11 is 3.51. The number of hydrogen-bond donors (Lipinski definition) is 2. The van der Waals surface area contributed by atoms with Crippen molar-refractivity contribution in [3.05, 3.63) is 34.3 Å². The predicted molar refractivity (Wildman–Crippen MR) is 78.5 cm³/mol. The Labute approximate surface area is 117 Å². The Kier molecular flexibility index (Phi) is 6.98. The Balaban J connectivity index is 2.35. The molecule has 0 aromatic heterocycles. The fourth-order valence-electron chi connectivity index (χ4n) is 1.65. The molecule has 1 atom stereocenters.